The Bertz CT molecular complexity index is 311. The lowest BCUT2D eigenvalue weighted by atomic mass is 10.3. The average Bonchev–Trinajstić information content (AvgIpc) is 2.72. The summed E-state index contributed by atoms with van der Waals surface area (Å²) in [6.45, 7) is 4.84. The molecule has 0 amide bonds. The van der Waals surface area contributed by atoms with Crippen LogP contribution in [0.2, 0.25) is 0 Å². The first-order chi connectivity index (χ1) is 8.15. The Labute approximate surface area is 104 Å². The normalized spacial score (nSPS) is 13.0. The summed E-state index contributed by atoms with van der Waals surface area (Å²) in [7, 11) is 5.89. The Kier molecular flexibility index (Phi) is 6.00. The molecular formula is C12H24N4O. The molecule has 0 saturated heterocycles. The molecule has 98 valence electrons. The standard InChI is InChI=1S/C12H24N4O/c1-11(10-17-4)16-9-7-14-12(16)13-6-5-8-15(2)3/h7,9,11H,5-6,8,10H2,1-4H3,(H,13,14). The van der Waals surface area contributed by atoms with E-state index in [1.807, 2.05) is 12.4 Å². The summed E-state index contributed by atoms with van der Waals surface area (Å²) in [4.78, 5) is 6.50. The predicted molar refractivity (Wildman–Crippen MR) is 70.5 cm³/mol. The Hall–Kier alpha value is -1.07. The van der Waals surface area contributed by atoms with E-state index in [9.17, 15) is 0 Å². The van der Waals surface area contributed by atoms with Gasteiger partial charge >= 0.3 is 0 Å². The molecule has 0 bridgehead atoms. The maximum atomic E-state index is 5.16. The molecule has 1 aromatic heterocycles. The van der Waals surface area contributed by atoms with E-state index < -0.39 is 0 Å². The van der Waals surface area contributed by atoms with Gasteiger partial charge in [-0.05, 0) is 34.0 Å². The molecule has 0 fully saturated rings. The quantitative estimate of drug-likeness (QED) is 0.698. The van der Waals surface area contributed by atoms with Crippen LogP contribution in [0.4, 0.5) is 5.95 Å². The molecule has 0 aliphatic rings. The molecule has 0 spiro atoms. The lowest BCUT2D eigenvalue weighted by Gasteiger charge is -2.16. The SMILES string of the molecule is COCC(C)n1ccnc1NCCCN(C)C. The number of ether oxygens (including phenoxy) is 1. The van der Waals surface area contributed by atoms with Crippen molar-refractivity contribution in [3.05, 3.63) is 12.4 Å². The lowest BCUT2D eigenvalue weighted by molar-refractivity contribution is 0.163. The van der Waals surface area contributed by atoms with E-state index in [1.54, 1.807) is 7.11 Å². The summed E-state index contributed by atoms with van der Waals surface area (Å²) >= 11 is 0. The largest absolute Gasteiger partial charge is 0.383 e. The highest BCUT2D eigenvalue weighted by Crippen LogP contribution is 2.13. The van der Waals surface area contributed by atoms with E-state index in [1.165, 1.54) is 0 Å². The molecule has 0 aliphatic carbocycles. The van der Waals surface area contributed by atoms with Crippen molar-refractivity contribution >= 4 is 5.95 Å². The molecule has 1 unspecified atom stereocenters. The van der Waals surface area contributed by atoms with Crippen LogP contribution >= 0.6 is 0 Å². The van der Waals surface area contributed by atoms with Crippen LogP contribution in [0.25, 0.3) is 0 Å². The molecule has 0 saturated carbocycles. The summed E-state index contributed by atoms with van der Waals surface area (Å²) in [5.41, 5.74) is 0. The van der Waals surface area contributed by atoms with Crippen molar-refractivity contribution in [3.8, 4) is 0 Å². The molecule has 1 atom stereocenters. The van der Waals surface area contributed by atoms with Gasteiger partial charge in [-0.2, -0.15) is 0 Å². The van der Waals surface area contributed by atoms with Gasteiger partial charge in [-0.15, -0.1) is 0 Å². The molecule has 0 aromatic carbocycles. The number of rotatable bonds is 8. The number of anilines is 1. The smallest absolute Gasteiger partial charge is 0.203 e. The Morgan fingerprint density at radius 1 is 1.53 bits per heavy atom. The molecule has 1 N–H and O–H groups in total. The van der Waals surface area contributed by atoms with Crippen LogP contribution < -0.4 is 5.32 Å². The maximum absolute atomic E-state index is 5.16. The minimum absolute atomic E-state index is 0.304. The van der Waals surface area contributed by atoms with Gasteiger partial charge in [0.15, 0.2) is 0 Å². The highest BCUT2D eigenvalue weighted by molar-refractivity contribution is 5.26. The molecule has 5 nitrogen and oxygen atoms in total. The highest BCUT2D eigenvalue weighted by Gasteiger charge is 2.08. The zero-order valence-corrected chi connectivity index (χ0v) is 11.3. The molecular weight excluding hydrogens is 216 g/mol. The van der Waals surface area contributed by atoms with E-state index in [-0.39, 0.29) is 0 Å². The van der Waals surface area contributed by atoms with Crippen molar-refractivity contribution in [3.63, 3.8) is 0 Å². The van der Waals surface area contributed by atoms with Gasteiger partial charge < -0.3 is 19.5 Å². The Balaban J connectivity index is 2.40. The maximum Gasteiger partial charge on any atom is 0.203 e. The van der Waals surface area contributed by atoms with E-state index >= 15 is 0 Å². The number of methoxy groups -OCH3 is 1. The van der Waals surface area contributed by atoms with Crippen LogP contribution in [0.1, 0.15) is 19.4 Å². The van der Waals surface area contributed by atoms with Gasteiger partial charge in [0, 0.05) is 26.0 Å². The van der Waals surface area contributed by atoms with Gasteiger partial charge in [0.2, 0.25) is 5.95 Å². The van der Waals surface area contributed by atoms with Crippen molar-refractivity contribution in [2.45, 2.75) is 19.4 Å². The van der Waals surface area contributed by atoms with Crippen molar-refractivity contribution in [1.82, 2.24) is 14.5 Å². The number of hydrogen-bond acceptors (Lipinski definition) is 4. The second-order valence-electron chi connectivity index (χ2n) is 4.55. The monoisotopic (exact) mass is 240 g/mol. The molecule has 1 rings (SSSR count). The van der Waals surface area contributed by atoms with Crippen molar-refractivity contribution in [2.75, 3.05) is 46.2 Å². The number of nitrogens with one attached hydrogen (secondary N) is 1. The minimum atomic E-state index is 0.304. The molecule has 5 heteroatoms. The van der Waals surface area contributed by atoms with Crippen LogP contribution in [-0.4, -0.2) is 55.4 Å². The number of hydrogen-bond donors (Lipinski definition) is 1. The third-order valence-electron chi connectivity index (χ3n) is 2.62. The first-order valence-electron chi connectivity index (χ1n) is 6.05. The van der Waals surface area contributed by atoms with Gasteiger partial charge in [-0.3, -0.25) is 0 Å². The summed E-state index contributed by atoms with van der Waals surface area (Å²) in [5, 5.41) is 3.36. The minimum Gasteiger partial charge on any atom is -0.383 e. The van der Waals surface area contributed by atoms with Gasteiger partial charge in [-0.1, -0.05) is 0 Å². The second-order valence-corrected chi connectivity index (χ2v) is 4.55. The van der Waals surface area contributed by atoms with E-state index in [2.05, 4.69) is 40.8 Å². The lowest BCUT2D eigenvalue weighted by Crippen LogP contribution is -2.19. The fraction of sp³-hybridized carbons (Fsp3) is 0.750. The van der Waals surface area contributed by atoms with Gasteiger partial charge in [0.05, 0.1) is 12.6 Å². The van der Waals surface area contributed by atoms with E-state index in [4.69, 9.17) is 4.74 Å². The summed E-state index contributed by atoms with van der Waals surface area (Å²) in [6.07, 6.45) is 4.91. The van der Waals surface area contributed by atoms with Gasteiger partial charge in [0.25, 0.3) is 0 Å². The molecule has 17 heavy (non-hydrogen) atoms. The van der Waals surface area contributed by atoms with Crippen LogP contribution in [0.5, 0.6) is 0 Å². The van der Waals surface area contributed by atoms with Crippen molar-refractivity contribution < 1.29 is 4.74 Å². The third kappa shape index (κ3) is 4.75. The van der Waals surface area contributed by atoms with E-state index in [0.717, 1.165) is 25.5 Å². The molecule has 1 aromatic rings. The van der Waals surface area contributed by atoms with Gasteiger partial charge in [-0.25, -0.2) is 4.98 Å². The highest BCUT2D eigenvalue weighted by atomic mass is 16.5. The average molecular weight is 240 g/mol. The third-order valence-corrected chi connectivity index (χ3v) is 2.62. The molecule has 0 aliphatic heterocycles. The molecule has 1 heterocycles. The Morgan fingerprint density at radius 2 is 2.29 bits per heavy atom. The fourth-order valence-electron chi connectivity index (χ4n) is 1.72. The van der Waals surface area contributed by atoms with Crippen LogP contribution in [0.3, 0.4) is 0 Å². The predicted octanol–water partition coefficient (Wildman–Crippen LogP) is 1.45. The summed E-state index contributed by atoms with van der Waals surface area (Å²) in [5.74, 6) is 0.924. The van der Waals surface area contributed by atoms with Crippen LogP contribution in [-0.2, 0) is 4.74 Å². The number of imidazole rings is 1. The number of aromatic nitrogens is 2. The first-order valence-corrected chi connectivity index (χ1v) is 6.05. The van der Waals surface area contributed by atoms with Crippen molar-refractivity contribution in [1.29, 1.82) is 0 Å². The van der Waals surface area contributed by atoms with Crippen molar-refractivity contribution in [2.24, 2.45) is 0 Å². The zero-order chi connectivity index (χ0) is 12.7. The first kappa shape index (κ1) is 14.0. The Morgan fingerprint density at radius 3 is 2.94 bits per heavy atom. The van der Waals surface area contributed by atoms with Gasteiger partial charge in [0.1, 0.15) is 0 Å². The van der Waals surface area contributed by atoms with Crippen LogP contribution in [0, 0.1) is 0 Å². The number of nitrogens with zero attached hydrogens (tertiary/aromatic N) is 3. The molecule has 0 radical (unpaired) electrons. The zero-order valence-electron chi connectivity index (χ0n) is 11.3. The summed E-state index contributed by atoms with van der Waals surface area (Å²) < 4.78 is 7.27. The summed E-state index contributed by atoms with van der Waals surface area (Å²) in [6, 6.07) is 0.304. The topological polar surface area (TPSA) is 42.3 Å². The fourth-order valence-corrected chi connectivity index (χ4v) is 1.72. The van der Waals surface area contributed by atoms with E-state index in [0.29, 0.717) is 12.6 Å². The second kappa shape index (κ2) is 7.29. The van der Waals surface area contributed by atoms with Crippen LogP contribution in [0.15, 0.2) is 12.4 Å².